The summed E-state index contributed by atoms with van der Waals surface area (Å²) in [5.41, 5.74) is 7.46. The molecule has 0 aromatic carbocycles. The highest BCUT2D eigenvalue weighted by Crippen LogP contribution is 2.66. The number of rotatable bonds is 2. The first kappa shape index (κ1) is 10.8. The predicted molar refractivity (Wildman–Crippen MR) is 70.5 cm³/mol. The van der Waals surface area contributed by atoms with Crippen LogP contribution in [0.1, 0.15) is 58.8 Å². The van der Waals surface area contributed by atoms with Crippen LogP contribution in [0.2, 0.25) is 0 Å². The maximum atomic E-state index is 6.27. The van der Waals surface area contributed by atoms with Gasteiger partial charge in [0.15, 0.2) is 0 Å². The Labute approximate surface area is 106 Å². The van der Waals surface area contributed by atoms with Gasteiger partial charge < -0.3 is 5.73 Å². The van der Waals surface area contributed by atoms with Crippen molar-refractivity contribution in [2.45, 2.75) is 64.8 Å². The first-order valence-corrected chi connectivity index (χ1v) is 7.74. The molecule has 1 nitrogen and oxygen atoms in total. The minimum Gasteiger partial charge on any atom is -0.327 e. The first-order valence-electron chi connectivity index (χ1n) is 7.74. The fourth-order valence-electron chi connectivity index (χ4n) is 6.18. The van der Waals surface area contributed by atoms with E-state index in [1.807, 2.05) is 0 Å². The van der Waals surface area contributed by atoms with E-state index in [1.54, 1.807) is 38.5 Å². The largest absolute Gasteiger partial charge is 0.327 e. The highest BCUT2D eigenvalue weighted by molar-refractivity contribution is 5.13. The van der Waals surface area contributed by atoms with Gasteiger partial charge in [-0.25, -0.2) is 0 Å². The molecule has 2 atom stereocenters. The Morgan fingerprint density at radius 1 is 0.941 bits per heavy atom. The van der Waals surface area contributed by atoms with Crippen molar-refractivity contribution in [2.24, 2.45) is 40.2 Å². The summed E-state index contributed by atoms with van der Waals surface area (Å²) in [7, 11) is 0. The monoisotopic (exact) mass is 233 g/mol. The Hall–Kier alpha value is -0.0400. The molecule has 0 radical (unpaired) electrons. The lowest BCUT2D eigenvalue weighted by Crippen LogP contribution is -2.46. The fraction of sp³-hybridized carbons (Fsp3) is 1.00. The third-order valence-electron chi connectivity index (χ3n) is 6.96. The molecule has 5 fully saturated rings. The van der Waals surface area contributed by atoms with Gasteiger partial charge in [0, 0.05) is 6.04 Å². The summed E-state index contributed by atoms with van der Waals surface area (Å²) in [6, 6.07) is 0.496. The standard InChI is InChI=1S/C16H27N/c1-15(2)13(14(15)17)9-16-6-10-3-11(7-16)5-12(4-10)8-16/h10-14H,3-9,17H2,1-2H3/t10?,11?,12?,13-,14-,16?/m1/s1. The van der Waals surface area contributed by atoms with Gasteiger partial charge in [-0.05, 0) is 79.4 Å². The van der Waals surface area contributed by atoms with Crippen LogP contribution in [-0.2, 0) is 0 Å². The second kappa shape index (κ2) is 3.10. The van der Waals surface area contributed by atoms with Crippen molar-refractivity contribution in [3.63, 3.8) is 0 Å². The van der Waals surface area contributed by atoms with Crippen molar-refractivity contribution in [3.05, 3.63) is 0 Å². The molecular weight excluding hydrogens is 206 g/mol. The highest BCUT2D eigenvalue weighted by atomic mass is 14.8. The van der Waals surface area contributed by atoms with E-state index < -0.39 is 0 Å². The Morgan fingerprint density at radius 2 is 1.35 bits per heavy atom. The molecule has 5 saturated carbocycles. The Balaban J connectivity index is 1.54. The van der Waals surface area contributed by atoms with E-state index in [9.17, 15) is 0 Å². The highest BCUT2D eigenvalue weighted by Gasteiger charge is 2.60. The fourth-order valence-corrected chi connectivity index (χ4v) is 6.18. The second-order valence-electron chi connectivity index (χ2n) is 8.58. The van der Waals surface area contributed by atoms with Crippen LogP contribution in [0.4, 0.5) is 0 Å². The quantitative estimate of drug-likeness (QED) is 0.775. The van der Waals surface area contributed by atoms with Crippen LogP contribution in [0.15, 0.2) is 0 Å². The van der Waals surface area contributed by atoms with Gasteiger partial charge in [0.05, 0.1) is 0 Å². The van der Waals surface area contributed by atoms with Crippen molar-refractivity contribution in [2.75, 3.05) is 0 Å². The Morgan fingerprint density at radius 3 is 1.71 bits per heavy atom. The van der Waals surface area contributed by atoms with Crippen LogP contribution in [0.5, 0.6) is 0 Å². The number of nitrogens with two attached hydrogens (primary N) is 1. The molecule has 5 rings (SSSR count). The van der Waals surface area contributed by atoms with Crippen molar-refractivity contribution in [1.29, 1.82) is 0 Å². The van der Waals surface area contributed by atoms with Crippen LogP contribution in [0.3, 0.4) is 0 Å². The van der Waals surface area contributed by atoms with Gasteiger partial charge in [-0.2, -0.15) is 0 Å². The van der Waals surface area contributed by atoms with Crippen molar-refractivity contribution in [1.82, 2.24) is 0 Å². The predicted octanol–water partition coefficient (Wildman–Crippen LogP) is 3.58. The lowest BCUT2D eigenvalue weighted by Gasteiger charge is -2.57. The average molecular weight is 233 g/mol. The van der Waals surface area contributed by atoms with E-state index in [0.717, 1.165) is 29.1 Å². The lowest BCUT2D eigenvalue weighted by atomic mass is 9.48. The van der Waals surface area contributed by atoms with Crippen LogP contribution < -0.4 is 5.73 Å². The molecule has 0 amide bonds. The van der Waals surface area contributed by atoms with Crippen molar-refractivity contribution >= 4 is 0 Å². The number of hydrogen-bond donors (Lipinski definition) is 1. The minimum absolute atomic E-state index is 0.448. The molecule has 0 heterocycles. The van der Waals surface area contributed by atoms with Crippen molar-refractivity contribution in [3.8, 4) is 0 Å². The van der Waals surface area contributed by atoms with E-state index in [1.165, 1.54) is 6.42 Å². The molecule has 0 aromatic rings. The molecule has 0 unspecified atom stereocenters. The molecule has 1 heteroatoms. The molecule has 96 valence electrons. The maximum Gasteiger partial charge on any atom is 0.0128 e. The molecule has 2 N–H and O–H groups in total. The second-order valence-corrected chi connectivity index (χ2v) is 8.58. The zero-order valence-electron chi connectivity index (χ0n) is 11.4. The summed E-state index contributed by atoms with van der Waals surface area (Å²) in [5.74, 6) is 4.12. The zero-order chi connectivity index (χ0) is 11.8. The van der Waals surface area contributed by atoms with Gasteiger partial charge in [-0.3, -0.25) is 0 Å². The van der Waals surface area contributed by atoms with E-state index in [2.05, 4.69) is 13.8 Å². The summed E-state index contributed by atoms with van der Waals surface area (Å²) >= 11 is 0. The van der Waals surface area contributed by atoms with Crippen LogP contribution in [-0.4, -0.2) is 6.04 Å². The lowest BCUT2D eigenvalue weighted by molar-refractivity contribution is -0.0617. The van der Waals surface area contributed by atoms with Gasteiger partial charge >= 0.3 is 0 Å². The maximum absolute atomic E-state index is 6.27. The average Bonchev–Trinajstić information content (AvgIpc) is 2.65. The van der Waals surface area contributed by atoms with Gasteiger partial charge in [-0.1, -0.05) is 13.8 Å². The zero-order valence-corrected chi connectivity index (χ0v) is 11.4. The van der Waals surface area contributed by atoms with Gasteiger partial charge in [-0.15, -0.1) is 0 Å². The third-order valence-corrected chi connectivity index (χ3v) is 6.96. The smallest absolute Gasteiger partial charge is 0.0128 e. The molecular formula is C16H27N. The third kappa shape index (κ3) is 1.47. The molecule has 5 aliphatic rings. The molecule has 0 saturated heterocycles. The van der Waals surface area contributed by atoms with Crippen molar-refractivity contribution < 1.29 is 0 Å². The molecule has 4 bridgehead atoms. The van der Waals surface area contributed by atoms with Crippen LogP contribution in [0, 0.1) is 34.5 Å². The van der Waals surface area contributed by atoms with Gasteiger partial charge in [0.25, 0.3) is 0 Å². The van der Waals surface area contributed by atoms with Gasteiger partial charge in [0.2, 0.25) is 0 Å². The normalized spacial score (nSPS) is 58.4. The molecule has 5 aliphatic carbocycles. The van der Waals surface area contributed by atoms with Crippen LogP contribution in [0.25, 0.3) is 0 Å². The summed E-state index contributed by atoms with van der Waals surface area (Å²) in [5, 5.41) is 0. The summed E-state index contributed by atoms with van der Waals surface area (Å²) < 4.78 is 0. The first-order chi connectivity index (χ1) is 7.98. The van der Waals surface area contributed by atoms with Crippen LogP contribution >= 0.6 is 0 Å². The van der Waals surface area contributed by atoms with E-state index in [4.69, 9.17) is 5.73 Å². The topological polar surface area (TPSA) is 26.0 Å². The Bertz CT molecular complexity index is 308. The Kier molecular flexibility index (Phi) is 1.98. The van der Waals surface area contributed by atoms with Gasteiger partial charge in [0.1, 0.15) is 0 Å². The molecule has 0 aromatic heterocycles. The van der Waals surface area contributed by atoms with E-state index >= 15 is 0 Å². The molecule has 0 spiro atoms. The minimum atomic E-state index is 0.448. The summed E-state index contributed by atoms with van der Waals surface area (Å²) in [4.78, 5) is 0. The van der Waals surface area contributed by atoms with E-state index in [0.29, 0.717) is 11.5 Å². The SMILES string of the molecule is CC1(C)[C@H](N)[C@H]1CC12CC3CC(CC(C3)C1)C2. The molecule has 0 aliphatic heterocycles. The summed E-state index contributed by atoms with van der Waals surface area (Å²) in [6.07, 6.45) is 10.8. The molecule has 17 heavy (non-hydrogen) atoms. The van der Waals surface area contributed by atoms with E-state index in [-0.39, 0.29) is 0 Å². The summed E-state index contributed by atoms with van der Waals surface area (Å²) in [6.45, 7) is 4.76. The number of hydrogen-bond acceptors (Lipinski definition) is 1.